The number of halogens is 2. The molecule has 0 aromatic heterocycles. The summed E-state index contributed by atoms with van der Waals surface area (Å²) in [5.41, 5.74) is 1.21. The minimum Gasteiger partial charge on any atom is -0.341 e. The van der Waals surface area contributed by atoms with Crippen molar-refractivity contribution in [2.45, 2.75) is 32.2 Å². The van der Waals surface area contributed by atoms with Gasteiger partial charge < -0.3 is 10.2 Å². The van der Waals surface area contributed by atoms with Crippen LogP contribution in [0.15, 0.2) is 24.3 Å². The van der Waals surface area contributed by atoms with Crippen molar-refractivity contribution in [2.75, 3.05) is 19.6 Å². The average Bonchev–Trinajstić information content (AvgIpc) is 2.62. The number of likely N-dealkylation sites (tertiary alicyclic amines) is 1. The van der Waals surface area contributed by atoms with Gasteiger partial charge in [0.15, 0.2) is 0 Å². The van der Waals surface area contributed by atoms with Crippen molar-refractivity contribution >= 4 is 29.9 Å². The highest BCUT2D eigenvalue weighted by Gasteiger charge is 2.15. The number of carbonyl (C=O) groups is 1. The van der Waals surface area contributed by atoms with E-state index in [2.05, 4.69) is 5.32 Å². The maximum absolute atomic E-state index is 11.8. The largest absolute Gasteiger partial charge is 0.341 e. The zero-order valence-electron chi connectivity index (χ0n) is 11.6. The number of nitrogens with one attached hydrogen (secondary N) is 1. The zero-order chi connectivity index (χ0) is 13.5. The molecule has 0 saturated carbocycles. The Morgan fingerprint density at radius 2 is 1.90 bits per heavy atom. The quantitative estimate of drug-likeness (QED) is 0.846. The van der Waals surface area contributed by atoms with Crippen molar-refractivity contribution in [3.05, 3.63) is 34.9 Å². The van der Waals surface area contributed by atoms with Crippen molar-refractivity contribution in [2.24, 2.45) is 0 Å². The SMILES string of the molecule is Cl.O=C1CCCCCN1CCNCc1ccc(Cl)cc1. The molecule has 0 spiro atoms. The third-order valence-corrected chi connectivity index (χ3v) is 3.72. The van der Waals surface area contributed by atoms with E-state index in [0.29, 0.717) is 5.91 Å². The highest BCUT2D eigenvalue weighted by molar-refractivity contribution is 6.30. The molecule has 1 aliphatic heterocycles. The first-order chi connectivity index (χ1) is 9.25. The smallest absolute Gasteiger partial charge is 0.222 e. The van der Waals surface area contributed by atoms with E-state index in [4.69, 9.17) is 11.6 Å². The molecule has 1 heterocycles. The molecule has 0 unspecified atom stereocenters. The summed E-state index contributed by atoms with van der Waals surface area (Å²) < 4.78 is 0. The van der Waals surface area contributed by atoms with Gasteiger partial charge in [0.2, 0.25) is 5.91 Å². The monoisotopic (exact) mass is 316 g/mol. The minimum atomic E-state index is 0. The van der Waals surface area contributed by atoms with Gasteiger partial charge >= 0.3 is 0 Å². The van der Waals surface area contributed by atoms with Crippen LogP contribution in [-0.4, -0.2) is 30.4 Å². The van der Waals surface area contributed by atoms with E-state index in [-0.39, 0.29) is 12.4 Å². The van der Waals surface area contributed by atoms with E-state index in [1.165, 1.54) is 12.0 Å². The molecule has 1 amide bonds. The van der Waals surface area contributed by atoms with Crippen molar-refractivity contribution in [1.29, 1.82) is 0 Å². The number of benzene rings is 1. The summed E-state index contributed by atoms with van der Waals surface area (Å²) in [6, 6.07) is 7.84. The number of nitrogens with zero attached hydrogens (tertiary/aromatic N) is 1. The minimum absolute atomic E-state index is 0. The Hall–Kier alpha value is -0.770. The van der Waals surface area contributed by atoms with Gasteiger partial charge in [-0.15, -0.1) is 12.4 Å². The molecule has 0 atom stereocenters. The lowest BCUT2D eigenvalue weighted by molar-refractivity contribution is -0.130. The van der Waals surface area contributed by atoms with E-state index in [9.17, 15) is 4.79 Å². The maximum Gasteiger partial charge on any atom is 0.222 e. The summed E-state index contributed by atoms with van der Waals surface area (Å²) in [7, 11) is 0. The number of hydrogen-bond donors (Lipinski definition) is 1. The number of carbonyl (C=O) groups excluding carboxylic acids is 1. The summed E-state index contributed by atoms with van der Waals surface area (Å²) in [6.45, 7) is 3.39. The van der Waals surface area contributed by atoms with Gasteiger partial charge in [0.1, 0.15) is 0 Å². The van der Waals surface area contributed by atoms with Gasteiger partial charge in [-0.05, 0) is 30.5 Å². The maximum atomic E-state index is 11.8. The first-order valence-electron chi connectivity index (χ1n) is 6.98. The Labute approximate surface area is 132 Å². The molecule has 0 bridgehead atoms. The molecule has 2 rings (SSSR count). The topological polar surface area (TPSA) is 32.3 Å². The van der Waals surface area contributed by atoms with Crippen molar-refractivity contribution in [3.63, 3.8) is 0 Å². The first kappa shape index (κ1) is 17.3. The zero-order valence-corrected chi connectivity index (χ0v) is 13.2. The molecule has 1 aromatic carbocycles. The standard InChI is InChI=1S/C15H21ClN2O.ClH/c16-14-7-5-13(6-8-14)12-17-9-11-18-10-3-1-2-4-15(18)19;/h5-8,17H,1-4,9-12H2;1H. The van der Waals surface area contributed by atoms with Crippen LogP contribution in [0.3, 0.4) is 0 Å². The second kappa shape index (κ2) is 9.22. The predicted octanol–water partition coefficient (Wildman–Crippen LogP) is 3.25. The molecule has 0 aliphatic carbocycles. The molecule has 5 heteroatoms. The second-order valence-electron chi connectivity index (χ2n) is 4.99. The van der Waals surface area contributed by atoms with Crippen molar-refractivity contribution < 1.29 is 4.79 Å². The Morgan fingerprint density at radius 3 is 2.65 bits per heavy atom. The summed E-state index contributed by atoms with van der Waals surface area (Å²) in [4.78, 5) is 13.8. The van der Waals surface area contributed by atoms with Crippen LogP contribution in [0.25, 0.3) is 0 Å². The Bertz CT molecular complexity index is 409. The summed E-state index contributed by atoms with van der Waals surface area (Å²) in [6.07, 6.45) is 4.09. The van der Waals surface area contributed by atoms with Crippen LogP contribution in [0.2, 0.25) is 5.02 Å². The molecule has 3 nitrogen and oxygen atoms in total. The summed E-state index contributed by atoms with van der Waals surface area (Å²) in [5, 5.41) is 4.14. The van der Waals surface area contributed by atoms with E-state index in [0.717, 1.165) is 50.5 Å². The van der Waals surface area contributed by atoms with Crippen LogP contribution in [-0.2, 0) is 11.3 Å². The van der Waals surface area contributed by atoms with E-state index < -0.39 is 0 Å². The highest BCUT2D eigenvalue weighted by Crippen LogP contribution is 2.11. The second-order valence-corrected chi connectivity index (χ2v) is 5.43. The molecule has 1 fully saturated rings. The van der Waals surface area contributed by atoms with Crippen LogP contribution in [0.4, 0.5) is 0 Å². The van der Waals surface area contributed by atoms with Crippen LogP contribution in [0, 0.1) is 0 Å². The van der Waals surface area contributed by atoms with Gasteiger partial charge in [-0.3, -0.25) is 4.79 Å². The molecule has 1 N–H and O–H groups in total. The van der Waals surface area contributed by atoms with Crippen LogP contribution in [0.5, 0.6) is 0 Å². The third-order valence-electron chi connectivity index (χ3n) is 3.47. The lowest BCUT2D eigenvalue weighted by Gasteiger charge is -2.20. The Kier molecular flexibility index (Phi) is 7.97. The van der Waals surface area contributed by atoms with Crippen LogP contribution in [0.1, 0.15) is 31.2 Å². The molecular weight excluding hydrogens is 295 g/mol. The molecule has 1 saturated heterocycles. The van der Waals surface area contributed by atoms with Gasteiger partial charge in [0.05, 0.1) is 0 Å². The molecule has 112 valence electrons. The molecule has 1 aliphatic rings. The fourth-order valence-corrected chi connectivity index (χ4v) is 2.45. The Balaban J connectivity index is 0.00000200. The van der Waals surface area contributed by atoms with Gasteiger partial charge in [0.25, 0.3) is 0 Å². The normalized spacial score (nSPS) is 15.7. The third kappa shape index (κ3) is 5.70. The van der Waals surface area contributed by atoms with Crippen molar-refractivity contribution in [3.8, 4) is 0 Å². The van der Waals surface area contributed by atoms with Gasteiger partial charge in [0, 0.05) is 37.6 Å². The Morgan fingerprint density at radius 1 is 1.15 bits per heavy atom. The summed E-state index contributed by atoms with van der Waals surface area (Å²) in [5.74, 6) is 0.311. The molecule has 1 aromatic rings. The number of hydrogen-bond acceptors (Lipinski definition) is 2. The molecular formula is C15H22Cl2N2O. The lowest BCUT2D eigenvalue weighted by atomic mass is 10.2. The fourth-order valence-electron chi connectivity index (χ4n) is 2.32. The number of amides is 1. The van der Waals surface area contributed by atoms with Crippen molar-refractivity contribution in [1.82, 2.24) is 10.2 Å². The highest BCUT2D eigenvalue weighted by atomic mass is 35.5. The fraction of sp³-hybridized carbons (Fsp3) is 0.533. The van der Waals surface area contributed by atoms with E-state index in [1.807, 2.05) is 29.2 Å². The summed E-state index contributed by atoms with van der Waals surface area (Å²) >= 11 is 5.84. The molecule has 0 radical (unpaired) electrons. The van der Waals surface area contributed by atoms with Gasteiger partial charge in [-0.25, -0.2) is 0 Å². The average molecular weight is 317 g/mol. The molecule has 20 heavy (non-hydrogen) atoms. The lowest BCUT2D eigenvalue weighted by Crippen LogP contribution is -2.36. The van der Waals surface area contributed by atoms with E-state index >= 15 is 0 Å². The predicted molar refractivity (Wildman–Crippen MR) is 85.5 cm³/mol. The first-order valence-corrected chi connectivity index (χ1v) is 7.36. The van der Waals surface area contributed by atoms with Crippen LogP contribution < -0.4 is 5.32 Å². The van der Waals surface area contributed by atoms with Gasteiger partial charge in [-0.2, -0.15) is 0 Å². The van der Waals surface area contributed by atoms with Crippen LogP contribution >= 0.6 is 24.0 Å². The number of rotatable bonds is 5. The van der Waals surface area contributed by atoms with Gasteiger partial charge in [-0.1, -0.05) is 30.2 Å². The van der Waals surface area contributed by atoms with E-state index in [1.54, 1.807) is 0 Å².